The number of benzene rings is 1. The third kappa shape index (κ3) is 3.98. The molecule has 0 fully saturated rings. The van der Waals surface area contributed by atoms with Crippen molar-refractivity contribution in [3.05, 3.63) is 95.6 Å². The molecule has 1 aromatic carbocycles. The maximum Gasteiger partial charge on any atom is 0.416 e. The van der Waals surface area contributed by atoms with Crippen LogP contribution in [-0.4, -0.2) is 27.6 Å². The average Bonchev–Trinajstić information content (AvgIpc) is 3.50. The molecule has 9 heteroatoms. The minimum atomic E-state index is -4.48. The van der Waals surface area contributed by atoms with Crippen LogP contribution >= 0.6 is 0 Å². The van der Waals surface area contributed by atoms with Crippen molar-refractivity contribution in [2.45, 2.75) is 19.1 Å². The number of hydrogen-bond donors (Lipinski definition) is 0. The lowest BCUT2D eigenvalue weighted by Crippen LogP contribution is -2.32. The summed E-state index contributed by atoms with van der Waals surface area (Å²) in [4.78, 5) is 14.6. The number of amides is 1. The Morgan fingerprint density at radius 3 is 2.23 bits per heavy atom. The highest BCUT2D eigenvalue weighted by atomic mass is 19.4. The van der Waals surface area contributed by atoms with E-state index in [9.17, 15) is 18.0 Å². The van der Waals surface area contributed by atoms with E-state index in [4.69, 9.17) is 8.83 Å². The lowest BCUT2D eigenvalue weighted by atomic mass is 10.1. The van der Waals surface area contributed by atoms with Crippen molar-refractivity contribution in [2.75, 3.05) is 7.05 Å². The Hall–Kier alpha value is -3.75. The molecule has 3 heterocycles. The van der Waals surface area contributed by atoms with E-state index >= 15 is 0 Å². The molecule has 0 radical (unpaired) electrons. The van der Waals surface area contributed by atoms with E-state index in [1.165, 1.54) is 40.3 Å². The van der Waals surface area contributed by atoms with Gasteiger partial charge in [0.1, 0.15) is 17.6 Å². The second-order valence-electron chi connectivity index (χ2n) is 6.98. The quantitative estimate of drug-likeness (QED) is 0.435. The summed E-state index contributed by atoms with van der Waals surface area (Å²) in [6.07, 6.45) is -1.48. The molecule has 0 N–H and O–H groups in total. The molecule has 3 aromatic heterocycles. The Morgan fingerprint density at radius 2 is 1.68 bits per heavy atom. The molecule has 0 bridgehead atoms. The van der Waals surface area contributed by atoms with Crippen molar-refractivity contribution in [3.8, 4) is 5.69 Å². The zero-order chi connectivity index (χ0) is 22.2. The highest BCUT2D eigenvalue weighted by Gasteiger charge is 2.32. The van der Waals surface area contributed by atoms with Crippen LogP contribution in [0.2, 0.25) is 0 Å². The number of halogens is 3. The molecule has 31 heavy (non-hydrogen) atoms. The fourth-order valence-corrected chi connectivity index (χ4v) is 3.37. The van der Waals surface area contributed by atoms with Gasteiger partial charge in [-0.15, -0.1) is 0 Å². The molecule has 0 aliphatic rings. The lowest BCUT2D eigenvalue weighted by molar-refractivity contribution is -0.137. The molecule has 0 atom stereocenters. The van der Waals surface area contributed by atoms with E-state index < -0.39 is 23.7 Å². The zero-order valence-corrected chi connectivity index (χ0v) is 16.6. The molecule has 0 aliphatic heterocycles. The van der Waals surface area contributed by atoms with Gasteiger partial charge in [0, 0.05) is 12.7 Å². The molecule has 0 spiro atoms. The van der Waals surface area contributed by atoms with Crippen molar-refractivity contribution >= 4 is 5.91 Å². The molecule has 0 saturated heterocycles. The van der Waals surface area contributed by atoms with Crippen LogP contribution in [0, 0.1) is 6.92 Å². The fourth-order valence-electron chi connectivity index (χ4n) is 3.37. The van der Waals surface area contributed by atoms with Gasteiger partial charge in [0.05, 0.1) is 23.8 Å². The molecular weight excluding hydrogens is 411 g/mol. The van der Waals surface area contributed by atoms with Crippen molar-refractivity contribution in [3.63, 3.8) is 0 Å². The molecular formula is C22H18F3N3O3. The number of aromatic nitrogens is 2. The van der Waals surface area contributed by atoms with Crippen molar-refractivity contribution < 1.29 is 26.8 Å². The van der Waals surface area contributed by atoms with Gasteiger partial charge in [-0.05, 0) is 55.5 Å². The van der Waals surface area contributed by atoms with Gasteiger partial charge in [-0.3, -0.25) is 4.79 Å². The Labute approximate surface area is 175 Å². The van der Waals surface area contributed by atoms with Crippen LogP contribution < -0.4 is 0 Å². The van der Waals surface area contributed by atoms with Crippen LogP contribution in [0.1, 0.15) is 39.3 Å². The van der Waals surface area contributed by atoms with Crippen LogP contribution in [0.15, 0.2) is 76.0 Å². The molecule has 4 rings (SSSR count). The number of hydrogen-bond acceptors (Lipinski definition) is 4. The van der Waals surface area contributed by atoms with E-state index in [2.05, 4.69) is 5.10 Å². The van der Waals surface area contributed by atoms with Gasteiger partial charge in [0.2, 0.25) is 0 Å². The van der Waals surface area contributed by atoms with Crippen molar-refractivity contribution in [1.29, 1.82) is 0 Å². The third-order valence-electron chi connectivity index (χ3n) is 4.86. The monoisotopic (exact) mass is 429 g/mol. The Kier molecular flexibility index (Phi) is 5.18. The maximum absolute atomic E-state index is 13.2. The van der Waals surface area contributed by atoms with Crippen LogP contribution in [0.4, 0.5) is 13.2 Å². The normalized spacial score (nSPS) is 11.8. The Morgan fingerprint density at radius 1 is 1.03 bits per heavy atom. The van der Waals surface area contributed by atoms with Gasteiger partial charge >= 0.3 is 6.18 Å². The van der Waals surface area contributed by atoms with Gasteiger partial charge in [-0.1, -0.05) is 6.07 Å². The van der Waals surface area contributed by atoms with E-state index in [1.54, 1.807) is 38.2 Å². The van der Waals surface area contributed by atoms with Crippen molar-refractivity contribution in [2.24, 2.45) is 0 Å². The number of furan rings is 2. The van der Waals surface area contributed by atoms with Crippen LogP contribution in [0.25, 0.3) is 5.69 Å². The Balaban J connectivity index is 1.67. The maximum atomic E-state index is 13.2. The average molecular weight is 429 g/mol. The van der Waals surface area contributed by atoms with E-state index in [1.807, 2.05) is 0 Å². The SMILES string of the molecule is Cc1cc(C(=O)N(C)C(c2ccco2)c2ccco2)nn1-c1cccc(C(F)(F)F)c1. The third-order valence-corrected chi connectivity index (χ3v) is 4.86. The van der Waals surface area contributed by atoms with E-state index in [0.717, 1.165) is 12.1 Å². The molecule has 4 aromatic rings. The van der Waals surface area contributed by atoms with Crippen LogP contribution in [0.3, 0.4) is 0 Å². The molecule has 6 nitrogen and oxygen atoms in total. The van der Waals surface area contributed by atoms with Crippen LogP contribution in [0.5, 0.6) is 0 Å². The largest absolute Gasteiger partial charge is 0.467 e. The molecule has 1 amide bonds. The standard InChI is InChI=1S/C22H18F3N3O3/c1-14-12-17(26-28(14)16-7-3-6-15(13-16)22(23,24)25)21(29)27(2)20(18-8-4-10-30-18)19-9-5-11-31-19/h3-13,20H,1-2H3. The number of nitrogens with zero attached hydrogens (tertiary/aromatic N) is 3. The molecule has 160 valence electrons. The number of rotatable bonds is 5. The van der Waals surface area contributed by atoms with Crippen molar-refractivity contribution in [1.82, 2.24) is 14.7 Å². The summed E-state index contributed by atoms with van der Waals surface area (Å²) in [5.41, 5.74) is 0.0207. The topological polar surface area (TPSA) is 64.4 Å². The first kappa shape index (κ1) is 20.5. The molecule has 0 unspecified atom stereocenters. The predicted molar refractivity (Wildman–Crippen MR) is 105 cm³/mol. The minimum Gasteiger partial charge on any atom is -0.467 e. The zero-order valence-electron chi connectivity index (χ0n) is 16.6. The van der Waals surface area contributed by atoms with Crippen LogP contribution in [-0.2, 0) is 6.18 Å². The summed E-state index contributed by atoms with van der Waals surface area (Å²) in [5, 5.41) is 4.27. The minimum absolute atomic E-state index is 0.0838. The number of carbonyl (C=O) groups is 1. The van der Waals surface area contributed by atoms with Gasteiger partial charge in [0.25, 0.3) is 5.91 Å². The summed E-state index contributed by atoms with van der Waals surface area (Å²) < 4.78 is 51.5. The summed E-state index contributed by atoms with van der Waals surface area (Å²) >= 11 is 0. The predicted octanol–water partition coefficient (Wildman–Crippen LogP) is 5.25. The Bertz CT molecular complexity index is 1140. The summed E-state index contributed by atoms with van der Waals surface area (Å²) in [5.74, 6) is 0.561. The first-order chi connectivity index (χ1) is 14.8. The van der Waals surface area contributed by atoms with Gasteiger partial charge < -0.3 is 13.7 Å². The number of alkyl halides is 3. The second-order valence-corrected chi connectivity index (χ2v) is 6.98. The first-order valence-corrected chi connectivity index (χ1v) is 9.34. The fraction of sp³-hybridized carbons (Fsp3) is 0.182. The smallest absolute Gasteiger partial charge is 0.416 e. The second kappa shape index (κ2) is 7.82. The molecule has 0 aliphatic carbocycles. The van der Waals surface area contributed by atoms with E-state index in [-0.39, 0.29) is 11.4 Å². The summed E-state index contributed by atoms with van der Waals surface area (Å²) in [6, 6.07) is 12.5. The number of carbonyl (C=O) groups excluding carboxylic acids is 1. The lowest BCUT2D eigenvalue weighted by Gasteiger charge is -2.24. The highest BCUT2D eigenvalue weighted by molar-refractivity contribution is 5.92. The number of aryl methyl sites for hydroxylation is 1. The summed E-state index contributed by atoms with van der Waals surface area (Å²) in [6.45, 7) is 1.67. The van der Waals surface area contributed by atoms with Gasteiger partial charge in [-0.2, -0.15) is 18.3 Å². The van der Waals surface area contributed by atoms with Gasteiger partial charge in [-0.25, -0.2) is 4.68 Å². The molecule has 0 saturated carbocycles. The highest BCUT2D eigenvalue weighted by Crippen LogP contribution is 2.31. The first-order valence-electron chi connectivity index (χ1n) is 9.34. The summed E-state index contributed by atoms with van der Waals surface area (Å²) in [7, 11) is 1.58. The van der Waals surface area contributed by atoms with Gasteiger partial charge in [0.15, 0.2) is 5.69 Å². The van der Waals surface area contributed by atoms with E-state index in [0.29, 0.717) is 17.2 Å².